The number of carbonyl (C=O) groups excluding carboxylic acids is 2. The second-order valence-electron chi connectivity index (χ2n) is 5.94. The van der Waals surface area contributed by atoms with Crippen molar-refractivity contribution in [3.8, 4) is 0 Å². The van der Waals surface area contributed by atoms with Crippen molar-refractivity contribution in [1.82, 2.24) is 4.90 Å². The van der Waals surface area contributed by atoms with E-state index in [0.717, 1.165) is 10.8 Å². The zero-order valence-corrected chi connectivity index (χ0v) is 12.1. The minimum atomic E-state index is -0.724. The summed E-state index contributed by atoms with van der Waals surface area (Å²) in [5.41, 5.74) is 0.376. The van der Waals surface area contributed by atoms with Crippen LogP contribution in [0.3, 0.4) is 0 Å². The van der Waals surface area contributed by atoms with Crippen LogP contribution in [0.25, 0.3) is 10.8 Å². The van der Waals surface area contributed by atoms with E-state index in [1.54, 1.807) is 26.0 Å². The molecule has 0 aromatic heterocycles. The van der Waals surface area contributed by atoms with Crippen LogP contribution in [0.15, 0.2) is 36.4 Å². The van der Waals surface area contributed by atoms with Crippen LogP contribution in [0.5, 0.6) is 0 Å². The van der Waals surface area contributed by atoms with E-state index in [0.29, 0.717) is 17.5 Å². The van der Waals surface area contributed by atoms with E-state index in [1.807, 2.05) is 24.3 Å². The Kier molecular flexibility index (Phi) is 3.06. The van der Waals surface area contributed by atoms with Crippen molar-refractivity contribution in [2.45, 2.75) is 25.8 Å². The number of hydrogen-bond acceptors (Lipinski definition) is 3. The first-order chi connectivity index (χ1) is 9.97. The molecule has 0 bridgehead atoms. The number of imide groups is 1. The molecule has 4 heteroatoms. The lowest BCUT2D eigenvalue weighted by atomic mass is 9.89. The molecule has 0 aliphatic carbocycles. The third-order valence-corrected chi connectivity index (χ3v) is 4.10. The summed E-state index contributed by atoms with van der Waals surface area (Å²) in [7, 11) is 0. The SMILES string of the molecule is CC(C)(CCO)N1C(=O)c2cccc3cccc(c23)C1=O. The molecule has 0 spiro atoms. The van der Waals surface area contributed by atoms with E-state index in [2.05, 4.69) is 0 Å². The minimum absolute atomic E-state index is 0.0735. The number of aliphatic hydroxyl groups is 1. The molecule has 3 rings (SSSR count). The van der Waals surface area contributed by atoms with Crippen LogP contribution in [0, 0.1) is 0 Å². The van der Waals surface area contributed by atoms with E-state index < -0.39 is 5.54 Å². The van der Waals surface area contributed by atoms with Crippen molar-refractivity contribution in [2.24, 2.45) is 0 Å². The van der Waals surface area contributed by atoms with Gasteiger partial charge in [0.05, 0.1) is 0 Å². The first kappa shape index (κ1) is 13.8. The molecule has 0 atom stereocenters. The van der Waals surface area contributed by atoms with Gasteiger partial charge in [-0.3, -0.25) is 14.5 Å². The van der Waals surface area contributed by atoms with Gasteiger partial charge in [-0.1, -0.05) is 24.3 Å². The number of rotatable bonds is 3. The predicted octanol–water partition coefficient (Wildman–Crippen LogP) is 2.60. The Morgan fingerprint density at radius 2 is 1.52 bits per heavy atom. The predicted molar refractivity (Wildman–Crippen MR) is 80.2 cm³/mol. The van der Waals surface area contributed by atoms with Gasteiger partial charge in [-0.2, -0.15) is 0 Å². The second kappa shape index (κ2) is 4.67. The van der Waals surface area contributed by atoms with Crippen LogP contribution >= 0.6 is 0 Å². The van der Waals surface area contributed by atoms with Gasteiger partial charge in [-0.25, -0.2) is 0 Å². The number of carbonyl (C=O) groups is 2. The maximum Gasteiger partial charge on any atom is 0.261 e. The first-order valence-electron chi connectivity index (χ1n) is 6.99. The third kappa shape index (κ3) is 1.94. The zero-order chi connectivity index (χ0) is 15.2. The summed E-state index contributed by atoms with van der Waals surface area (Å²) < 4.78 is 0. The topological polar surface area (TPSA) is 57.6 Å². The highest BCUT2D eigenvalue weighted by Crippen LogP contribution is 2.34. The van der Waals surface area contributed by atoms with Gasteiger partial charge in [0.1, 0.15) is 0 Å². The number of aliphatic hydroxyl groups excluding tert-OH is 1. The normalized spacial score (nSPS) is 14.9. The highest BCUT2D eigenvalue weighted by atomic mass is 16.3. The van der Waals surface area contributed by atoms with Crippen LogP contribution < -0.4 is 0 Å². The largest absolute Gasteiger partial charge is 0.396 e. The summed E-state index contributed by atoms with van der Waals surface area (Å²) in [6.45, 7) is 3.52. The Bertz CT molecular complexity index is 698. The molecule has 0 saturated carbocycles. The fraction of sp³-hybridized carbons (Fsp3) is 0.294. The Hall–Kier alpha value is -2.20. The molecule has 108 valence electrons. The highest BCUT2D eigenvalue weighted by molar-refractivity contribution is 6.25. The van der Waals surface area contributed by atoms with Crippen molar-refractivity contribution >= 4 is 22.6 Å². The van der Waals surface area contributed by atoms with Crippen LogP contribution in [-0.4, -0.2) is 34.0 Å². The van der Waals surface area contributed by atoms with Gasteiger partial charge in [-0.05, 0) is 37.8 Å². The van der Waals surface area contributed by atoms with Gasteiger partial charge >= 0.3 is 0 Å². The first-order valence-corrected chi connectivity index (χ1v) is 6.99. The molecular weight excluding hydrogens is 266 g/mol. The quantitative estimate of drug-likeness (QED) is 0.881. The van der Waals surface area contributed by atoms with Crippen molar-refractivity contribution in [1.29, 1.82) is 0 Å². The highest BCUT2D eigenvalue weighted by Gasteiger charge is 2.41. The fourth-order valence-electron chi connectivity index (χ4n) is 2.97. The summed E-state index contributed by atoms with van der Waals surface area (Å²) in [5, 5.41) is 10.8. The molecule has 1 heterocycles. The standard InChI is InChI=1S/C17H17NO3/c1-17(2,9-10-19)18-15(20)12-7-3-5-11-6-4-8-13(14(11)12)16(18)21/h3-8,19H,9-10H2,1-2H3. The average molecular weight is 283 g/mol. The Morgan fingerprint density at radius 1 is 1.00 bits per heavy atom. The third-order valence-electron chi connectivity index (χ3n) is 4.10. The molecule has 0 unspecified atom stereocenters. The molecule has 2 amide bonds. The molecule has 0 fully saturated rings. The van der Waals surface area contributed by atoms with Gasteiger partial charge in [-0.15, -0.1) is 0 Å². The molecule has 4 nitrogen and oxygen atoms in total. The van der Waals surface area contributed by atoms with Crippen LogP contribution in [0.4, 0.5) is 0 Å². The molecule has 1 aliphatic rings. The minimum Gasteiger partial charge on any atom is -0.396 e. The lowest BCUT2D eigenvalue weighted by molar-refractivity contribution is 0.0390. The maximum atomic E-state index is 12.8. The molecule has 2 aromatic rings. The molecular formula is C17H17NO3. The van der Waals surface area contributed by atoms with Crippen LogP contribution in [0.1, 0.15) is 41.0 Å². The summed E-state index contributed by atoms with van der Waals surface area (Å²) in [5.74, 6) is -0.578. The molecule has 2 aromatic carbocycles. The molecule has 21 heavy (non-hydrogen) atoms. The van der Waals surface area contributed by atoms with E-state index in [-0.39, 0.29) is 18.4 Å². The van der Waals surface area contributed by atoms with Gasteiger partial charge < -0.3 is 5.11 Å². The Labute approximate surface area is 123 Å². The summed E-state index contributed by atoms with van der Waals surface area (Å²) >= 11 is 0. The Balaban J connectivity index is 2.24. The van der Waals surface area contributed by atoms with Crippen molar-refractivity contribution < 1.29 is 14.7 Å². The number of hydrogen-bond donors (Lipinski definition) is 1. The monoisotopic (exact) mass is 283 g/mol. The van der Waals surface area contributed by atoms with Gasteiger partial charge in [0.25, 0.3) is 11.8 Å². The molecule has 1 aliphatic heterocycles. The van der Waals surface area contributed by atoms with Crippen LogP contribution in [0.2, 0.25) is 0 Å². The lowest BCUT2D eigenvalue weighted by Crippen LogP contribution is -2.53. The Morgan fingerprint density at radius 3 is 2.00 bits per heavy atom. The molecule has 0 saturated heterocycles. The maximum absolute atomic E-state index is 12.8. The molecule has 1 N–H and O–H groups in total. The lowest BCUT2D eigenvalue weighted by Gasteiger charge is -2.39. The van der Waals surface area contributed by atoms with Crippen LogP contribution in [-0.2, 0) is 0 Å². The zero-order valence-electron chi connectivity index (χ0n) is 12.1. The van der Waals surface area contributed by atoms with Gasteiger partial charge in [0.15, 0.2) is 0 Å². The number of amides is 2. The summed E-state index contributed by atoms with van der Waals surface area (Å²) in [6.07, 6.45) is 0.350. The van der Waals surface area contributed by atoms with Gasteiger partial charge in [0.2, 0.25) is 0 Å². The van der Waals surface area contributed by atoms with Crippen molar-refractivity contribution in [2.75, 3.05) is 6.61 Å². The van der Waals surface area contributed by atoms with E-state index in [1.165, 1.54) is 4.90 Å². The fourth-order valence-corrected chi connectivity index (χ4v) is 2.97. The number of nitrogens with zero attached hydrogens (tertiary/aromatic N) is 1. The van der Waals surface area contributed by atoms with E-state index in [4.69, 9.17) is 0 Å². The van der Waals surface area contributed by atoms with Gasteiger partial charge in [0, 0.05) is 28.7 Å². The molecule has 0 radical (unpaired) electrons. The summed E-state index contributed by atoms with van der Waals surface area (Å²) in [6, 6.07) is 11.0. The van der Waals surface area contributed by atoms with Crippen molar-refractivity contribution in [3.05, 3.63) is 47.5 Å². The van der Waals surface area contributed by atoms with E-state index in [9.17, 15) is 14.7 Å². The average Bonchev–Trinajstić information content (AvgIpc) is 2.44. The van der Waals surface area contributed by atoms with Crippen molar-refractivity contribution in [3.63, 3.8) is 0 Å². The van der Waals surface area contributed by atoms with E-state index >= 15 is 0 Å². The summed E-state index contributed by atoms with van der Waals surface area (Å²) in [4.78, 5) is 26.8. The smallest absolute Gasteiger partial charge is 0.261 e. The number of benzene rings is 2. The second-order valence-corrected chi connectivity index (χ2v) is 5.94.